The van der Waals surface area contributed by atoms with Crippen LogP contribution in [0.4, 0.5) is 0 Å². The molecule has 0 heterocycles. The van der Waals surface area contributed by atoms with Gasteiger partial charge in [0.25, 0.3) is 0 Å². The summed E-state index contributed by atoms with van der Waals surface area (Å²) >= 11 is 0. The molecule has 112 valence electrons. The highest BCUT2D eigenvalue weighted by molar-refractivity contribution is 5.69. The molecule has 1 heteroatoms. The van der Waals surface area contributed by atoms with Gasteiger partial charge < -0.3 is 4.74 Å². The van der Waals surface area contributed by atoms with E-state index in [0.717, 1.165) is 26.1 Å². The Balaban J connectivity index is 0.000000270. The third kappa shape index (κ3) is 8.83. The summed E-state index contributed by atoms with van der Waals surface area (Å²) in [7, 11) is 0. The third-order valence-corrected chi connectivity index (χ3v) is 2.76. The van der Waals surface area contributed by atoms with E-state index in [4.69, 9.17) is 4.74 Å². The average Bonchev–Trinajstić information content (AvgIpc) is 2.56. The van der Waals surface area contributed by atoms with Crippen molar-refractivity contribution < 1.29 is 4.74 Å². The molecule has 21 heavy (non-hydrogen) atoms. The fraction of sp³-hybridized carbons (Fsp3) is 0.300. The lowest BCUT2D eigenvalue weighted by molar-refractivity contribution is 0.135. The molecular formula is C20H26O. The molecule has 0 amide bonds. The second-order valence-electron chi connectivity index (χ2n) is 4.77. The molecule has 0 saturated heterocycles. The summed E-state index contributed by atoms with van der Waals surface area (Å²) < 4.78 is 5.13. The number of ether oxygens (including phenoxy) is 1. The van der Waals surface area contributed by atoms with E-state index in [1.807, 2.05) is 36.4 Å². The van der Waals surface area contributed by atoms with Crippen LogP contribution in [0.2, 0.25) is 0 Å². The van der Waals surface area contributed by atoms with Gasteiger partial charge in [-0.15, -0.1) is 0 Å². The Hall–Kier alpha value is -1.86. The first kappa shape index (κ1) is 17.2. The summed E-state index contributed by atoms with van der Waals surface area (Å²) in [6.07, 6.45) is 6.52. The molecule has 0 spiro atoms. The van der Waals surface area contributed by atoms with Crippen molar-refractivity contribution in [1.29, 1.82) is 0 Å². The quantitative estimate of drug-likeness (QED) is 0.489. The van der Waals surface area contributed by atoms with Crippen molar-refractivity contribution in [2.75, 3.05) is 13.2 Å². The number of rotatable bonds is 6. The van der Waals surface area contributed by atoms with Crippen molar-refractivity contribution >= 4 is 12.2 Å². The average molecular weight is 282 g/mol. The Bertz CT molecular complexity index is 428. The molecule has 0 radical (unpaired) electrons. The summed E-state index contributed by atoms with van der Waals surface area (Å²) in [4.78, 5) is 0. The summed E-state index contributed by atoms with van der Waals surface area (Å²) in [5.41, 5.74) is 2.47. The number of hydrogen-bond donors (Lipinski definition) is 0. The van der Waals surface area contributed by atoms with Crippen molar-refractivity contribution in [2.24, 2.45) is 0 Å². The van der Waals surface area contributed by atoms with E-state index in [9.17, 15) is 0 Å². The first-order valence-electron chi connectivity index (χ1n) is 7.72. The van der Waals surface area contributed by atoms with Crippen LogP contribution in [0.5, 0.6) is 0 Å². The molecule has 0 fully saturated rings. The minimum atomic E-state index is 0.924. The summed E-state index contributed by atoms with van der Waals surface area (Å²) in [5, 5.41) is 0. The van der Waals surface area contributed by atoms with Gasteiger partial charge in [-0.3, -0.25) is 0 Å². The van der Waals surface area contributed by atoms with Crippen LogP contribution < -0.4 is 0 Å². The lowest BCUT2D eigenvalue weighted by Crippen LogP contribution is -1.92. The van der Waals surface area contributed by atoms with E-state index < -0.39 is 0 Å². The van der Waals surface area contributed by atoms with Crippen LogP contribution in [-0.2, 0) is 4.74 Å². The van der Waals surface area contributed by atoms with Crippen molar-refractivity contribution in [3.63, 3.8) is 0 Å². The summed E-state index contributed by atoms with van der Waals surface area (Å²) in [6.45, 7) is 6.09. The predicted octanol–water partition coefficient (Wildman–Crippen LogP) is 5.68. The zero-order chi connectivity index (χ0) is 15.2. The van der Waals surface area contributed by atoms with Gasteiger partial charge in [-0.1, -0.05) is 86.7 Å². The van der Waals surface area contributed by atoms with Crippen molar-refractivity contribution in [1.82, 2.24) is 0 Å². The maximum atomic E-state index is 5.13. The van der Waals surface area contributed by atoms with E-state index in [2.05, 4.69) is 50.3 Å². The van der Waals surface area contributed by atoms with Gasteiger partial charge in [0.2, 0.25) is 0 Å². The van der Waals surface area contributed by atoms with E-state index in [1.54, 1.807) is 0 Å². The second kappa shape index (κ2) is 11.9. The fourth-order valence-corrected chi connectivity index (χ4v) is 1.71. The molecule has 1 nitrogen and oxygen atoms in total. The summed E-state index contributed by atoms with van der Waals surface area (Å²) in [6, 6.07) is 20.6. The Morgan fingerprint density at radius 2 is 1.05 bits per heavy atom. The van der Waals surface area contributed by atoms with Crippen LogP contribution in [0, 0.1) is 0 Å². The van der Waals surface area contributed by atoms with Gasteiger partial charge >= 0.3 is 0 Å². The molecule has 0 atom stereocenters. The van der Waals surface area contributed by atoms with Crippen LogP contribution in [0.25, 0.3) is 12.2 Å². The Morgan fingerprint density at radius 1 is 0.667 bits per heavy atom. The van der Waals surface area contributed by atoms with Crippen molar-refractivity contribution in [2.45, 2.75) is 26.7 Å². The van der Waals surface area contributed by atoms with Crippen molar-refractivity contribution in [3.05, 3.63) is 71.8 Å². The van der Waals surface area contributed by atoms with E-state index in [0.29, 0.717) is 0 Å². The Morgan fingerprint density at radius 3 is 1.38 bits per heavy atom. The van der Waals surface area contributed by atoms with Gasteiger partial charge in [0, 0.05) is 13.2 Å². The highest BCUT2D eigenvalue weighted by atomic mass is 16.5. The lowest BCUT2D eigenvalue weighted by Gasteiger charge is -1.95. The molecule has 0 aliphatic heterocycles. The molecule has 0 N–H and O–H groups in total. The van der Waals surface area contributed by atoms with E-state index in [1.165, 1.54) is 11.1 Å². The molecule has 2 rings (SSSR count). The molecule has 0 aromatic heterocycles. The molecule has 0 unspecified atom stereocenters. The smallest absolute Gasteiger partial charge is 0.0463 e. The largest absolute Gasteiger partial charge is 0.381 e. The van der Waals surface area contributed by atoms with Crippen LogP contribution in [0.15, 0.2) is 60.7 Å². The topological polar surface area (TPSA) is 9.23 Å². The predicted molar refractivity (Wildman–Crippen MR) is 93.2 cm³/mol. The number of hydrogen-bond acceptors (Lipinski definition) is 1. The molecule has 0 saturated carbocycles. The van der Waals surface area contributed by atoms with Crippen LogP contribution in [0.1, 0.15) is 37.8 Å². The molecule has 0 aliphatic rings. The normalized spacial score (nSPS) is 10.2. The SMILES string of the molecule is C(=C\c1ccccc1)/c1ccccc1.CCCOCCC. The van der Waals surface area contributed by atoms with Crippen LogP contribution in [-0.4, -0.2) is 13.2 Å². The van der Waals surface area contributed by atoms with Gasteiger partial charge in [0.1, 0.15) is 0 Å². The molecule has 2 aromatic rings. The van der Waals surface area contributed by atoms with Gasteiger partial charge in [-0.05, 0) is 24.0 Å². The lowest BCUT2D eigenvalue weighted by atomic mass is 10.1. The van der Waals surface area contributed by atoms with Gasteiger partial charge in [-0.2, -0.15) is 0 Å². The fourth-order valence-electron chi connectivity index (χ4n) is 1.71. The van der Waals surface area contributed by atoms with E-state index in [-0.39, 0.29) is 0 Å². The maximum Gasteiger partial charge on any atom is 0.0463 e. The minimum Gasteiger partial charge on any atom is -0.381 e. The Kier molecular flexibility index (Phi) is 9.76. The summed E-state index contributed by atoms with van der Waals surface area (Å²) in [5.74, 6) is 0. The number of benzene rings is 2. The monoisotopic (exact) mass is 282 g/mol. The molecule has 0 aliphatic carbocycles. The highest BCUT2D eigenvalue weighted by Gasteiger charge is 1.84. The minimum absolute atomic E-state index is 0.924. The Labute approximate surface area is 129 Å². The zero-order valence-corrected chi connectivity index (χ0v) is 13.2. The standard InChI is InChI=1S/C14H12.C6H14O/c1-3-7-13(8-4-1)11-12-14-9-5-2-6-10-14;1-3-5-7-6-4-2/h1-12H;3-6H2,1-2H3/b12-11+;. The van der Waals surface area contributed by atoms with Crippen molar-refractivity contribution in [3.8, 4) is 0 Å². The van der Waals surface area contributed by atoms with Gasteiger partial charge in [-0.25, -0.2) is 0 Å². The van der Waals surface area contributed by atoms with E-state index >= 15 is 0 Å². The third-order valence-electron chi connectivity index (χ3n) is 2.76. The van der Waals surface area contributed by atoms with Crippen LogP contribution >= 0.6 is 0 Å². The van der Waals surface area contributed by atoms with Crippen LogP contribution in [0.3, 0.4) is 0 Å². The zero-order valence-electron chi connectivity index (χ0n) is 13.2. The first-order chi connectivity index (χ1) is 10.4. The molecule has 0 bridgehead atoms. The molecule has 2 aromatic carbocycles. The second-order valence-corrected chi connectivity index (χ2v) is 4.77. The first-order valence-corrected chi connectivity index (χ1v) is 7.72. The van der Waals surface area contributed by atoms with Gasteiger partial charge in [0.05, 0.1) is 0 Å². The maximum absolute atomic E-state index is 5.13. The highest BCUT2D eigenvalue weighted by Crippen LogP contribution is 2.06. The molecular weight excluding hydrogens is 256 g/mol. The van der Waals surface area contributed by atoms with Gasteiger partial charge in [0.15, 0.2) is 0 Å².